The lowest BCUT2D eigenvalue weighted by Gasteiger charge is -2.08. The van der Waals surface area contributed by atoms with E-state index in [0.717, 1.165) is 0 Å². The van der Waals surface area contributed by atoms with E-state index in [-0.39, 0.29) is 16.3 Å². The van der Waals surface area contributed by atoms with Crippen LogP contribution in [0.1, 0.15) is 15.9 Å². The minimum absolute atomic E-state index is 0.000313. The number of rotatable bonds is 5. The Bertz CT molecular complexity index is 1110. The first kappa shape index (κ1) is 19.2. The Morgan fingerprint density at radius 3 is 2.67 bits per heavy atom. The molecule has 0 spiro atoms. The van der Waals surface area contributed by atoms with Gasteiger partial charge in [0.2, 0.25) is 10.0 Å². The quantitative estimate of drug-likeness (QED) is 0.681. The molecular formula is C18H16FN3O3S2. The number of halogens is 1. The number of carbonyl (C=O) groups is 1. The second kappa shape index (κ2) is 7.55. The van der Waals surface area contributed by atoms with Crippen molar-refractivity contribution in [2.45, 2.75) is 11.8 Å². The highest BCUT2D eigenvalue weighted by Gasteiger charge is 2.17. The Morgan fingerprint density at radius 2 is 1.96 bits per heavy atom. The predicted molar refractivity (Wildman–Crippen MR) is 103 cm³/mol. The number of carbonyl (C=O) groups excluding carboxylic acids is 1. The van der Waals surface area contributed by atoms with E-state index in [1.165, 1.54) is 42.6 Å². The van der Waals surface area contributed by atoms with Crippen LogP contribution < -0.4 is 10.0 Å². The summed E-state index contributed by atoms with van der Waals surface area (Å²) < 4.78 is 39.5. The van der Waals surface area contributed by atoms with Crippen LogP contribution in [0, 0.1) is 12.7 Å². The average molecular weight is 405 g/mol. The first-order chi connectivity index (χ1) is 12.8. The zero-order valence-electron chi connectivity index (χ0n) is 14.5. The maximum Gasteiger partial charge on any atom is 0.257 e. The van der Waals surface area contributed by atoms with Crippen LogP contribution in [-0.2, 0) is 10.0 Å². The Kier molecular flexibility index (Phi) is 5.36. The maximum atomic E-state index is 13.4. The summed E-state index contributed by atoms with van der Waals surface area (Å²) in [6.45, 7) is 1.71. The average Bonchev–Trinajstić information content (AvgIpc) is 3.10. The van der Waals surface area contributed by atoms with Gasteiger partial charge in [0.25, 0.3) is 5.91 Å². The fourth-order valence-electron chi connectivity index (χ4n) is 2.41. The predicted octanol–water partition coefficient (Wildman–Crippen LogP) is 3.42. The van der Waals surface area contributed by atoms with Crippen LogP contribution in [0.25, 0.3) is 11.3 Å². The van der Waals surface area contributed by atoms with Gasteiger partial charge in [0.15, 0.2) is 5.13 Å². The van der Waals surface area contributed by atoms with E-state index < -0.39 is 15.9 Å². The minimum atomic E-state index is -3.66. The fraction of sp³-hybridized carbons (Fsp3) is 0.111. The minimum Gasteiger partial charge on any atom is -0.298 e. The number of thiazole rings is 1. The standard InChI is InChI=1S/C18H16FN3O3S2/c1-11-6-7-14(27(24,25)20-2)9-15(11)17(23)22-18-21-16(10-26-18)12-4-3-5-13(19)8-12/h3-10,20H,1-2H3,(H,21,22,23). The Hall–Kier alpha value is -2.62. The largest absolute Gasteiger partial charge is 0.298 e. The van der Waals surface area contributed by atoms with Crippen LogP contribution in [-0.4, -0.2) is 26.4 Å². The number of sulfonamides is 1. The number of hydrogen-bond donors (Lipinski definition) is 2. The molecule has 1 aromatic heterocycles. The molecule has 3 rings (SSSR count). The highest BCUT2D eigenvalue weighted by Crippen LogP contribution is 2.26. The van der Waals surface area contributed by atoms with Gasteiger partial charge in [-0.3, -0.25) is 10.1 Å². The summed E-state index contributed by atoms with van der Waals surface area (Å²) in [6.07, 6.45) is 0. The summed E-state index contributed by atoms with van der Waals surface area (Å²) in [5, 5.41) is 4.70. The van der Waals surface area contributed by atoms with Gasteiger partial charge < -0.3 is 0 Å². The summed E-state index contributed by atoms with van der Waals surface area (Å²) in [6, 6.07) is 10.3. The van der Waals surface area contributed by atoms with Crippen LogP contribution in [0.5, 0.6) is 0 Å². The first-order valence-corrected chi connectivity index (χ1v) is 10.2. The van der Waals surface area contributed by atoms with Gasteiger partial charge in [-0.15, -0.1) is 11.3 Å². The SMILES string of the molecule is CNS(=O)(=O)c1ccc(C)c(C(=O)Nc2nc(-c3cccc(F)c3)cs2)c1. The Labute approximate surface area is 160 Å². The lowest BCUT2D eigenvalue weighted by molar-refractivity contribution is 0.102. The van der Waals surface area contributed by atoms with Crippen molar-refractivity contribution in [2.75, 3.05) is 12.4 Å². The number of nitrogens with one attached hydrogen (secondary N) is 2. The molecule has 27 heavy (non-hydrogen) atoms. The second-order valence-corrected chi connectivity index (χ2v) is 8.43. The first-order valence-electron chi connectivity index (χ1n) is 7.87. The number of anilines is 1. The number of nitrogens with zero attached hydrogens (tertiary/aromatic N) is 1. The van der Waals surface area contributed by atoms with Gasteiger partial charge in [0.05, 0.1) is 10.6 Å². The molecule has 3 aromatic rings. The van der Waals surface area contributed by atoms with Crippen molar-refractivity contribution in [3.63, 3.8) is 0 Å². The van der Waals surface area contributed by atoms with Gasteiger partial charge >= 0.3 is 0 Å². The molecule has 140 valence electrons. The molecule has 2 N–H and O–H groups in total. The molecular weight excluding hydrogens is 389 g/mol. The van der Waals surface area contributed by atoms with Crippen LogP contribution in [0.4, 0.5) is 9.52 Å². The topological polar surface area (TPSA) is 88.2 Å². The second-order valence-electron chi connectivity index (χ2n) is 5.69. The van der Waals surface area contributed by atoms with Crippen molar-refractivity contribution < 1.29 is 17.6 Å². The molecule has 0 atom stereocenters. The van der Waals surface area contributed by atoms with Gasteiger partial charge in [0, 0.05) is 16.5 Å². The molecule has 1 heterocycles. The van der Waals surface area contributed by atoms with Gasteiger partial charge in [-0.2, -0.15) is 0 Å². The van der Waals surface area contributed by atoms with E-state index in [1.54, 1.807) is 30.5 Å². The van der Waals surface area contributed by atoms with Gasteiger partial charge in [0.1, 0.15) is 5.82 Å². The lowest BCUT2D eigenvalue weighted by atomic mass is 10.1. The number of hydrogen-bond acceptors (Lipinski definition) is 5. The van der Waals surface area contributed by atoms with Gasteiger partial charge in [-0.05, 0) is 43.8 Å². The Balaban J connectivity index is 1.85. The molecule has 0 aliphatic carbocycles. The Morgan fingerprint density at radius 1 is 1.19 bits per heavy atom. The summed E-state index contributed by atoms with van der Waals surface area (Å²) in [7, 11) is -2.35. The zero-order valence-corrected chi connectivity index (χ0v) is 16.1. The number of amides is 1. The highest BCUT2D eigenvalue weighted by atomic mass is 32.2. The number of benzene rings is 2. The molecule has 0 unspecified atom stereocenters. The summed E-state index contributed by atoms with van der Waals surface area (Å²) in [4.78, 5) is 16.9. The summed E-state index contributed by atoms with van der Waals surface area (Å²) >= 11 is 1.20. The lowest BCUT2D eigenvalue weighted by Crippen LogP contribution is -2.20. The van der Waals surface area contributed by atoms with E-state index in [4.69, 9.17) is 0 Å². The fourth-order valence-corrected chi connectivity index (χ4v) is 3.88. The van der Waals surface area contributed by atoms with Crippen LogP contribution in [0.3, 0.4) is 0 Å². The van der Waals surface area contributed by atoms with Crippen molar-refractivity contribution in [2.24, 2.45) is 0 Å². The molecule has 0 saturated carbocycles. The van der Waals surface area contributed by atoms with E-state index >= 15 is 0 Å². The molecule has 0 aliphatic heterocycles. The monoisotopic (exact) mass is 405 g/mol. The zero-order chi connectivity index (χ0) is 19.6. The molecule has 0 radical (unpaired) electrons. The molecule has 0 saturated heterocycles. The smallest absolute Gasteiger partial charge is 0.257 e. The summed E-state index contributed by atoms with van der Waals surface area (Å²) in [5.74, 6) is -0.843. The third-order valence-corrected chi connectivity index (χ3v) is 6.05. The molecule has 1 amide bonds. The number of aromatic nitrogens is 1. The van der Waals surface area contributed by atoms with Gasteiger partial charge in [-0.25, -0.2) is 22.5 Å². The molecule has 0 bridgehead atoms. The van der Waals surface area contributed by atoms with Crippen molar-refractivity contribution >= 4 is 32.4 Å². The normalized spacial score (nSPS) is 11.4. The van der Waals surface area contributed by atoms with Gasteiger partial charge in [-0.1, -0.05) is 18.2 Å². The molecule has 6 nitrogen and oxygen atoms in total. The van der Waals surface area contributed by atoms with Crippen LogP contribution >= 0.6 is 11.3 Å². The third-order valence-electron chi connectivity index (χ3n) is 3.88. The van der Waals surface area contributed by atoms with Crippen molar-refractivity contribution in [1.82, 2.24) is 9.71 Å². The van der Waals surface area contributed by atoms with Crippen LogP contribution in [0.2, 0.25) is 0 Å². The molecule has 0 aliphatic rings. The molecule has 2 aromatic carbocycles. The van der Waals surface area contributed by atoms with Crippen molar-refractivity contribution in [1.29, 1.82) is 0 Å². The number of aryl methyl sites for hydroxylation is 1. The maximum absolute atomic E-state index is 13.4. The van der Waals surface area contributed by atoms with E-state index in [1.807, 2.05) is 0 Å². The van der Waals surface area contributed by atoms with E-state index in [9.17, 15) is 17.6 Å². The highest BCUT2D eigenvalue weighted by molar-refractivity contribution is 7.89. The van der Waals surface area contributed by atoms with Crippen molar-refractivity contribution in [3.05, 3.63) is 64.8 Å². The van der Waals surface area contributed by atoms with E-state index in [2.05, 4.69) is 15.0 Å². The molecule has 9 heteroatoms. The van der Waals surface area contributed by atoms with Crippen LogP contribution in [0.15, 0.2) is 52.7 Å². The van der Waals surface area contributed by atoms with Crippen molar-refractivity contribution in [3.8, 4) is 11.3 Å². The molecule has 0 fully saturated rings. The van der Waals surface area contributed by atoms with E-state index in [0.29, 0.717) is 22.0 Å². The third kappa shape index (κ3) is 4.21. The summed E-state index contributed by atoms with van der Waals surface area (Å²) in [5.41, 5.74) is 2.00.